The molecule has 152 valence electrons. The minimum absolute atomic E-state index is 0.0830. The molecule has 10 heteroatoms. The lowest BCUT2D eigenvalue weighted by molar-refractivity contribution is -0.0266. The van der Waals surface area contributed by atoms with Crippen LogP contribution in [0, 0.1) is 5.82 Å². The molecule has 0 saturated carbocycles. The molecule has 2 aliphatic rings. The Hall–Kier alpha value is -3.01. The van der Waals surface area contributed by atoms with Crippen molar-refractivity contribution in [3.63, 3.8) is 0 Å². The van der Waals surface area contributed by atoms with Crippen LogP contribution in [0.2, 0.25) is 0 Å². The van der Waals surface area contributed by atoms with E-state index in [1.807, 2.05) is 6.07 Å². The molecule has 2 aliphatic heterocycles. The van der Waals surface area contributed by atoms with E-state index in [4.69, 9.17) is 14.0 Å². The highest BCUT2D eigenvalue weighted by Crippen LogP contribution is 2.31. The van der Waals surface area contributed by atoms with Crippen LogP contribution in [0.15, 0.2) is 22.9 Å². The number of hydrogen-bond donors (Lipinski definition) is 0. The van der Waals surface area contributed by atoms with Crippen LogP contribution < -0.4 is 0 Å². The van der Waals surface area contributed by atoms with Crippen LogP contribution in [0.5, 0.6) is 0 Å². The zero-order valence-corrected chi connectivity index (χ0v) is 15.9. The van der Waals surface area contributed by atoms with Crippen LogP contribution in [-0.4, -0.2) is 64.3 Å². The van der Waals surface area contributed by atoms with Gasteiger partial charge in [-0.3, -0.25) is 4.68 Å². The maximum atomic E-state index is 14.6. The zero-order chi connectivity index (χ0) is 20.0. The molecule has 29 heavy (non-hydrogen) atoms. The number of aromatic nitrogens is 4. The Balaban J connectivity index is 1.39. The highest BCUT2D eigenvalue weighted by atomic mass is 19.1. The van der Waals surface area contributed by atoms with Crippen LogP contribution in [0.4, 0.5) is 9.18 Å². The monoisotopic (exact) mass is 401 g/mol. The molecule has 1 amide bonds. The Bertz CT molecular complexity index is 1050. The summed E-state index contributed by atoms with van der Waals surface area (Å²) in [6.45, 7) is 2.28. The third-order valence-corrected chi connectivity index (χ3v) is 5.61. The van der Waals surface area contributed by atoms with Crippen molar-refractivity contribution < 1.29 is 23.2 Å². The van der Waals surface area contributed by atoms with Crippen LogP contribution in [0.25, 0.3) is 22.4 Å². The summed E-state index contributed by atoms with van der Waals surface area (Å²) in [6.07, 6.45) is 2.64. The lowest BCUT2D eigenvalue weighted by Gasteiger charge is -2.29. The van der Waals surface area contributed by atoms with Gasteiger partial charge >= 0.3 is 6.09 Å². The average Bonchev–Trinajstić information content (AvgIpc) is 3.34. The summed E-state index contributed by atoms with van der Waals surface area (Å²) in [5.41, 5.74) is 1.20. The molecule has 0 spiro atoms. The molecule has 0 atom stereocenters. The second-order valence-corrected chi connectivity index (χ2v) is 7.36. The molecule has 3 aromatic rings. The number of benzene rings is 1. The van der Waals surface area contributed by atoms with Crippen LogP contribution >= 0.6 is 0 Å². The molecule has 0 aliphatic carbocycles. The summed E-state index contributed by atoms with van der Waals surface area (Å²) in [5, 5.41) is 8.86. The minimum Gasteiger partial charge on any atom is -0.453 e. The van der Waals surface area contributed by atoms with E-state index in [-0.39, 0.29) is 29.8 Å². The van der Waals surface area contributed by atoms with E-state index in [0.29, 0.717) is 48.6 Å². The largest absolute Gasteiger partial charge is 0.453 e. The van der Waals surface area contributed by atoms with Gasteiger partial charge in [0, 0.05) is 24.6 Å². The Morgan fingerprint density at radius 2 is 2.07 bits per heavy atom. The number of halogens is 1. The van der Waals surface area contributed by atoms with E-state index < -0.39 is 0 Å². The summed E-state index contributed by atoms with van der Waals surface area (Å²) in [6, 6.07) is 3.32. The predicted octanol–water partition coefficient (Wildman–Crippen LogP) is 2.74. The second kappa shape index (κ2) is 7.11. The fourth-order valence-corrected chi connectivity index (χ4v) is 3.85. The van der Waals surface area contributed by atoms with Gasteiger partial charge < -0.3 is 18.9 Å². The van der Waals surface area contributed by atoms with Crippen molar-refractivity contribution in [3.8, 4) is 11.5 Å². The molecular formula is C19H20FN5O4. The van der Waals surface area contributed by atoms with Crippen molar-refractivity contribution in [2.75, 3.05) is 33.4 Å². The highest BCUT2D eigenvalue weighted by Gasteiger charge is 2.28. The van der Waals surface area contributed by atoms with Crippen molar-refractivity contribution in [1.29, 1.82) is 0 Å². The smallest absolute Gasteiger partial charge is 0.409 e. The van der Waals surface area contributed by atoms with Gasteiger partial charge in [-0.1, -0.05) is 5.16 Å². The quantitative estimate of drug-likeness (QED) is 0.666. The van der Waals surface area contributed by atoms with Crippen molar-refractivity contribution >= 4 is 17.0 Å². The number of piperidine rings is 1. The number of methoxy groups -OCH3 is 1. The Morgan fingerprint density at radius 1 is 1.28 bits per heavy atom. The van der Waals surface area contributed by atoms with Crippen molar-refractivity contribution in [2.45, 2.75) is 24.8 Å². The number of rotatable bonds is 3. The number of likely N-dealkylation sites (tertiary alicyclic amines) is 1. The molecule has 1 aromatic carbocycles. The minimum atomic E-state index is -0.380. The molecular weight excluding hydrogens is 381 g/mol. The predicted molar refractivity (Wildman–Crippen MR) is 98.8 cm³/mol. The third kappa shape index (κ3) is 3.13. The highest BCUT2D eigenvalue weighted by molar-refractivity contribution is 5.84. The first-order valence-corrected chi connectivity index (χ1v) is 9.55. The number of ether oxygens (including phenoxy) is 2. The van der Waals surface area contributed by atoms with Crippen molar-refractivity contribution in [2.24, 2.45) is 0 Å². The van der Waals surface area contributed by atoms with E-state index in [0.717, 1.165) is 12.8 Å². The zero-order valence-electron chi connectivity index (χ0n) is 15.9. The number of fused-ring (bicyclic) bond motifs is 1. The van der Waals surface area contributed by atoms with Gasteiger partial charge in [0.15, 0.2) is 5.82 Å². The lowest BCUT2D eigenvalue weighted by Crippen LogP contribution is -2.37. The van der Waals surface area contributed by atoms with Crippen LogP contribution in [0.3, 0.4) is 0 Å². The average molecular weight is 401 g/mol. The molecule has 9 nitrogen and oxygen atoms in total. The number of hydrogen-bond acceptors (Lipinski definition) is 7. The Kier molecular flexibility index (Phi) is 4.42. The topological polar surface area (TPSA) is 95.5 Å². The van der Waals surface area contributed by atoms with Gasteiger partial charge in [0.2, 0.25) is 0 Å². The van der Waals surface area contributed by atoms with E-state index >= 15 is 0 Å². The van der Waals surface area contributed by atoms with Crippen LogP contribution in [0.1, 0.15) is 30.6 Å². The van der Waals surface area contributed by atoms with Gasteiger partial charge in [0.25, 0.3) is 5.89 Å². The summed E-state index contributed by atoms with van der Waals surface area (Å²) in [4.78, 5) is 17.8. The standard InChI is InChI=1S/C19H20FN5O4/c1-27-19(26)24-4-2-11(3-5-24)17-22-18(29-23-17)12-6-15(20)14-8-21-25(16(14)7-12)13-9-28-10-13/h6-8,11,13H,2-5,9-10H2,1H3. The molecule has 2 saturated heterocycles. The molecule has 4 heterocycles. The Labute approximate surface area is 165 Å². The summed E-state index contributed by atoms with van der Waals surface area (Å²) in [7, 11) is 1.37. The first-order chi connectivity index (χ1) is 14.1. The number of amides is 1. The molecule has 0 unspecified atom stereocenters. The maximum absolute atomic E-state index is 14.6. The van der Waals surface area contributed by atoms with Gasteiger partial charge in [-0.15, -0.1) is 0 Å². The molecule has 0 radical (unpaired) electrons. The normalized spacial score (nSPS) is 18.2. The molecule has 0 N–H and O–H groups in total. The first-order valence-electron chi connectivity index (χ1n) is 9.55. The van der Waals surface area contributed by atoms with Gasteiger partial charge in [-0.2, -0.15) is 10.1 Å². The van der Waals surface area contributed by atoms with Gasteiger partial charge in [-0.25, -0.2) is 9.18 Å². The number of nitrogens with zero attached hydrogens (tertiary/aromatic N) is 5. The fraction of sp³-hybridized carbons (Fsp3) is 0.474. The summed E-state index contributed by atoms with van der Waals surface area (Å²) < 4.78 is 31.8. The molecule has 0 bridgehead atoms. The fourth-order valence-electron chi connectivity index (χ4n) is 3.85. The third-order valence-electron chi connectivity index (χ3n) is 5.61. The van der Waals surface area contributed by atoms with Crippen molar-refractivity contribution in [1.82, 2.24) is 24.8 Å². The summed E-state index contributed by atoms with van der Waals surface area (Å²) in [5.74, 6) is 0.550. The van der Waals surface area contributed by atoms with E-state index in [1.54, 1.807) is 9.58 Å². The van der Waals surface area contributed by atoms with Gasteiger partial charge in [0.1, 0.15) is 5.82 Å². The molecule has 2 aromatic heterocycles. The second-order valence-electron chi connectivity index (χ2n) is 7.36. The first kappa shape index (κ1) is 18.0. The van der Waals surface area contributed by atoms with Gasteiger partial charge in [-0.05, 0) is 25.0 Å². The van der Waals surface area contributed by atoms with Crippen LogP contribution in [-0.2, 0) is 9.47 Å². The van der Waals surface area contributed by atoms with E-state index in [9.17, 15) is 9.18 Å². The molecule has 5 rings (SSSR count). The number of carbonyl (C=O) groups excluding carboxylic acids is 1. The Morgan fingerprint density at radius 3 is 2.76 bits per heavy atom. The maximum Gasteiger partial charge on any atom is 0.409 e. The van der Waals surface area contributed by atoms with Crippen molar-refractivity contribution in [3.05, 3.63) is 30.0 Å². The molecule has 2 fully saturated rings. The van der Waals surface area contributed by atoms with E-state index in [1.165, 1.54) is 19.4 Å². The lowest BCUT2D eigenvalue weighted by atomic mass is 9.96. The van der Waals surface area contributed by atoms with Gasteiger partial charge in [0.05, 0.1) is 43.5 Å². The summed E-state index contributed by atoms with van der Waals surface area (Å²) >= 11 is 0. The SMILES string of the molecule is COC(=O)N1CCC(c2noc(-c3cc(F)c4cnn(C5COC5)c4c3)n2)CC1. The number of carbonyl (C=O) groups is 1. The van der Waals surface area contributed by atoms with E-state index in [2.05, 4.69) is 15.2 Å².